The highest BCUT2D eigenvalue weighted by atomic mass is 16.1. The molecule has 1 heterocycles. The molecule has 0 aliphatic carbocycles. The van der Waals surface area contributed by atoms with Crippen molar-refractivity contribution in [3.8, 4) is 0 Å². The Kier molecular flexibility index (Phi) is 2.26. The highest BCUT2D eigenvalue weighted by Gasteiger charge is 2.12. The Morgan fingerprint density at radius 3 is 2.33 bits per heavy atom. The number of aryl methyl sites for hydroxylation is 1. The van der Waals surface area contributed by atoms with Crippen molar-refractivity contribution in [2.75, 3.05) is 0 Å². The molecule has 4 heteroatoms. The molecule has 0 spiro atoms. The number of carbonyl (C=O) groups excluding carboxylic acids is 1. The average molecular weight is 167 g/mol. The molecule has 0 atom stereocenters. The fourth-order valence-electron chi connectivity index (χ4n) is 0.955. The third kappa shape index (κ3) is 1.52. The largest absolute Gasteiger partial charge is 0.291 e. The van der Waals surface area contributed by atoms with E-state index in [4.69, 9.17) is 0 Å². The third-order valence-corrected chi connectivity index (χ3v) is 1.61. The van der Waals surface area contributed by atoms with Gasteiger partial charge in [-0.1, -0.05) is 13.8 Å². The highest BCUT2D eigenvalue weighted by molar-refractivity contribution is 5.90. The minimum atomic E-state index is -0.0445. The molecule has 0 radical (unpaired) electrons. The Balaban J connectivity index is 3.09. The molecule has 0 bridgehead atoms. The second-order valence-corrected chi connectivity index (χ2v) is 3.13. The van der Waals surface area contributed by atoms with E-state index in [-0.39, 0.29) is 11.7 Å². The summed E-state index contributed by atoms with van der Waals surface area (Å²) in [6, 6.07) is 0. The fourth-order valence-corrected chi connectivity index (χ4v) is 0.955. The van der Waals surface area contributed by atoms with Gasteiger partial charge in [0.1, 0.15) is 0 Å². The Morgan fingerprint density at radius 2 is 2.08 bits per heavy atom. The van der Waals surface area contributed by atoms with Gasteiger partial charge in [0.05, 0.1) is 0 Å². The van der Waals surface area contributed by atoms with Gasteiger partial charge in [0, 0.05) is 19.9 Å². The number of ketones is 1. The van der Waals surface area contributed by atoms with Crippen LogP contribution in [0.1, 0.15) is 43.1 Å². The molecule has 1 rings (SSSR count). The molecule has 66 valence electrons. The van der Waals surface area contributed by atoms with Crippen molar-refractivity contribution in [1.82, 2.24) is 14.8 Å². The second-order valence-electron chi connectivity index (χ2n) is 3.13. The van der Waals surface area contributed by atoms with Gasteiger partial charge in [0.15, 0.2) is 17.4 Å². The minimum Gasteiger partial charge on any atom is -0.291 e. The Hall–Kier alpha value is -1.19. The zero-order chi connectivity index (χ0) is 9.30. The molecule has 1 aromatic heterocycles. The molecule has 0 saturated carbocycles. The van der Waals surface area contributed by atoms with Gasteiger partial charge in [-0.25, -0.2) is 9.67 Å². The van der Waals surface area contributed by atoms with Gasteiger partial charge in [-0.15, -0.1) is 0 Å². The van der Waals surface area contributed by atoms with Gasteiger partial charge < -0.3 is 0 Å². The van der Waals surface area contributed by atoms with E-state index in [0.717, 1.165) is 5.82 Å². The van der Waals surface area contributed by atoms with Crippen molar-refractivity contribution in [3.63, 3.8) is 0 Å². The van der Waals surface area contributed by atoms with Crippen LogP contribution in [0.2, 0.25) is 0 Å². The molecule has 0 amide bonds. The SMILES string of the molecule is CC(=O)c1nc(C(C)C)nn1C. The number of aromatic nitrogens is 3. The maximum atomic E-state index is 11.0. The lowest BCUT2D eigenvalue weighted by atomic mass is 10.2. The smallest absolute Gasteiger partial charge is 0.196 e. The van der Waals surface area contributed by atoms with E-state index >= 15 is 0 Å². The number of carbonyl (C=O) groups is 1. The average Bonchev–Trinajstić information content (AvgIpc) is 2.30. The summed E-state index contributed by atoms with van der Waals surface area (Å²) >= 11 is 0. The van der Waals surface area contributed by atoms with Crippen LogP contribution in [0.5, 0.6) is 0 Å². The normalized spacial score (nSPS) is 10.8. The first-order valence-corrected chi connectivity index (χ1v) is 3.94. The molecule has 0 N–H and O–H groups in total. The van der Waals surface area contributed by atoms with Gasteiger partial charge >= 0.3 is 0 Å². The molecule has 0 saturated heterocycles. The van der Waals surface area contributed by atoms with E-state index in [1.807, 2.05) is 13.8 Å². The zero-order valence-corrected chi connectivity index (χ0v) is 7.83. The first kappa shape index (κ1) is 8.90. The number of nitrogens with zero attached hydrogens (tertiary/aromatic N) is 3. The van der Waals surface area contributed by atoms with Crippen LogP contribution in [0.4, 0.5) is 0 Å². The molecular formula is C8H13N3O. The summed E-state index contributed by atoms with van der Waals surface area (Å²) in [6.45, 7) is 5.49. The van der Waals surface area contributed by atoms with Gasteiger partial charge in [0.25, 0.3) is 0 Å². The summed E-state index contributed by atoms with van der Waals surface area (Å²) in [5.74, 6) is 1.38. The van der Waals surface area contributed by atoms with E-state index < -0.39 is 0 Å². The molecule has 0 aromatic carbocycles. The summed E-state index contributed by atoms with van der Waals surface area (Å²) in [4.78, 5) is 15.1. The van der Waals surface area contributed by atoms with E-state index in [9.17, 15) is 4.79 Å². The summed E-state index contributed by atoms with van der Waals surface area (Å²) < 4.78 is 1.53. The molecule has 1 aromatic rings. The van der Waals surface area contributed by atoms with Crippen molar-refractivity contribution >= 4 is 5.78 Å². The number of hydrogen-bond acceptors (Lipinski definition) is 3. The van der Waals surface area contributed by atoms with Crippen LogP contribution < -0.4 is 0 Å². The van der Waals surface area contributed by atoms with Crippen molar-refractivity contribution in [2.24, 2.45) is 7.05 Å². The van der Waals surface area contributed by atoms with Gasteiger partial charge in [-0.3, -0.25) is 4.79 Å². The first-order chi connectivity index (χ1) is 5.52. The van der Waals surface area contributed by atoms with Crippen molar-refractivity contribution in [3.05, 3.63) is 11.6 Å². The summed E-state index contributed by atoms with van der Waals surface area (Å²) in [5, 5.41) is 4.12. The summed E-state index contributed by atoms with van der Waals surface area (Å²) in [5.41, 5.74) is 0. The zero-order valence-electron chi connectivity index (χ0n) is 7.83. The van der Waals surface area contributed by atoms with Gasteiger partial charge in [0.2, 0.25) is 0 Å². The summed E-state index contributed by atoms with van der Waals surface area (Å²) in [7, 11) is 1.73. The molecule has 0 aliphatic rings. The van der Waals surface area contributed by atoms with Crippen LogP contribution in [0.25, 0.3) is 0 Å². The van der Waals surface area contributed by atoms with Crippen LogP contribution >= 0.6 is 0 Å². The van der Waals surface area contributed by atoms with Crippen LogP contribution in [0.3, 0.4) is 0 Å². The van der Waals surface area contributed by atoms with Crippen LogP contribution in [0, 0.1) is 0 Å². The Labute approximate surface area is 71.6 Å². The Morgan fingerprint density at radius 1 is 1.50 bits per heavy atom. The van der Waals surface area contributed by atoms with Gasteiger partial charge in [-0.2, -0.15) is 5.10 Å². The first-order valence-electron chi connectivity index (χ1n) is 3.94. The van der Waals surface area contributed by atoms with Gasteiger partial charge in [-0.05, 0) is 0 Å². The quantitative estimate of drug-likeness (QED) is 0.620. The van der Waals surface area contributed by atoms with E-state index in [1.54, 1.807) is 7.05 Å². The predicted molar refractivity (Wildman–Crippen MR) is 45.1 cm³/mol. The van der Waals surface area contributed by atoms with Crippen molar-refractivity contribution < 1.29 is 4.79 Å². The van der Waals surface area contributed by atoms with E-state index in [2.05, 4.69) is 10.1 Å². The molecule has 12 heavy (non-hydrogen) atoms. The van der Waals surface area contributed by atoms with Crippen LogP contribution in [-0.4, -0.2) is 20.5 Å². The fraction of sp³-hybridized carbons (Fsp3) is 0.625. The number of Topliss-reactive ketones (excluding diaryl/α,β-unsaturated/α-hetero) is 1. The van der Waals surface area contributed by atoms with E-state index in [1.165, 1.54) is 11.6 Å². The predicted octanol–water partition coefficient (Wildman–Crippen LogP) is 1.14. The lowest BCUT2D eigenvalue weighted by molar-refractivity contribution is 0.0999. The maximum Gasteiger partial charge on any atom is 0.196 e. The Bertz CT molecular complexity index is 301. The second kappa shape index (κ2) is 3.05. The van der Waals surface area contributed by atoms with Crippen molar-refractivity contribution in [1.29, 1.82) is 0 Å². The molecule has 0 unspecified atom stereocenters. The lowest BCUT2D eigenvalue weighted by Gasteiger charge is -1.93. The molecule has 4 nitrogen and oxygen atoms in total. The van der Waals surface area contributed by atoms with E-state index in [0.29, 0.717) is 5.82 Å². The topological polar surface area (TPSA) is 47.8 Å². The molecular weight excluding hydrogens is 154 g/mol. The standard InChI is InChI=1S/C8H13N3O/c1-5(2)7-9-8(6(3)12)11(4)10-7/h5H,1-4H3. The summed E-state index contributed by atoms with van der Waals surface area (Å²) in [6.07, 6.45) is 0. The van der Waals surface area contributed by atoms with Crippen molar-refractivity contribution in [2.45, 2.75) is 26.7 Å². The third-order valence-electron chi connectivity index (χ3n) is 1.61. The van der Waals surface area contributed by atoms with Crippen LogP contribution in [-0.2, 0) is 7.05 Å². The maximum absolute atomic E-state index is 11.0. The van der Waals surface area contributed by atoms with Crippen LogP contribution in [0.15, 0.2) is 0 Å². The molecule has 0 aliphatic heterocycles. The minimum absolute atomic E-state index is 0.0445. The number of hydrogen-bond donors (Lipinski definition) is 0. The lowest BCUT2D eigenvalue weighted by Crippen LogP contribution is -2.03. The monoisotopic (exact) mass is 167 g/mol. The molecule has 0 fully saturated rings. The number of rotatable bonds is 2. The highest BCUT2D eigenvalue weighted by Crippen LogP contribution is 2.09.